The van der Waals surface area contributed by atoms with Crippen LogP contribution in [-0.4, -0.2) is 60.4 Å². The van der Waals surface area contributed by atoms with Crippen LogP contribution in [0.3, 0.4) is 0 Å². The number of nitrogens with one attached hydrogen (secondary N) is 1. The Morgan fingerprint density at radius 3 is 2.43 bits per heavy atom. The molecule has 2 fully saturated rings. The fourth-order valence-corrected chi connectivity index (χ4v) is 4.70. The van der Waals surface area contributed by atoms with Gasteiger partial charge in [-0.25, -0.2) is 0 Å². The molecule has 0 saturated carbocycles. The third-order valence-corrected chi connectivity index (χ3v) is 6.58. The molecule has 2 aliphatic heterocycles. The number of benzene rings is 1. The van der Waals surface area contributed by atoms with E-state index in [1.165, 1.54) is 0 Å². The number of unbranched alkanes of at least 4 members (excludes halogenated alkanes) is 1. The Labute approximate surface area is 180 Å². The highest BCUT2D eigenvalue weighted by molar-refractivity contribution is 5.90. The molecule has 0 spiro atoms. The summed E-state index contributed by atoms with van der Waals surface area (Å²) in [6.45, 7) is 9.27. The summed E-state index contributed by atoms with van der Waals surface area (Å²) in [7, 11) is 1.64. The zero-order valence-electron chi connectivity index (χ0n) is 18.9. The zero-order valence-corrected chi connectivity index (χ0v) is 18.9. The lowest BCUT2D eigenvalue weighted by molar-refractivity contribution is -0.129. The van der Waals surface area contributed by atoms with Crippen LogP contribution in [-0.2, 0) is 9.59 Å². The number of hydrogen-bond donors (Lipinski definition) is 1. The lowest BCUT2D eigenvalue weighted by Gasteiger charge is -2.35. The third-order valence-electron chi connectivity index (χ3n) is 6.58. The van der Waals surface area contributed by atoms with Crippen molar-refractivity contribution in [3.8, 4) is 5.75 Å². The molecule has 0 aromatic heterocycles. The predicted molar refractivity (Wildman–Crippen MR) is 118 cm³/mol. The smallest absolute Gasteiger partial charge is 0.226 e. The van der Waals surface area contributed by atoms with Crippen LogP contribution in [0.4, 0.5) is 0 Å². The highest BCUT2D eigenvalue weighted by Gasteiger charge is 2.44. The number of methoxy groups -OCH3 is 1. The number of likely N-dealkylation sites (tertiary alicyclic amines) is 2. The second kappa shape index (κ2) is 10.3. The molecule has 2 saturated heterocycles. The molecule has 0 bridgehead atoms. The number of amides is 2. The number of ether oxygens (including phenoxy) is 1. The Balaban J connectivity index is 1.73. The van der Waals surface area contributed by atoms with Gasteiger partial charge in [0.15, 0.2) is 0 Å². The van der Waals surface area contributed by atoms with E-state index >= 15 is 0 Å². The van der Waals surface area contributed by atoms with Gasteiger partial charge >= 0.3 is 0 Å². The van der Waals surface area contributed by atoms with Gasteiger partial charge in [-0.2, -0.15) is 0 Å². The monoisotopic (exact) mass is 415 g/mol. The summed E-state index contributed by atoms with van der Waals surface area (Å²) in [6, 6.07) is 8.33. The Morgan fingerprint density at radius 1 is 1.20 bits per heavy atom. The summed E-state index contributed by atoms with van der Waals surface area (Å²) in [4.78, 5) is 30.5. The van der Waals surface area contributed by atoms with Crippen molar-refractivity contribution in [1.82, 2.24) is 15.1 Å². The summed E-state index contributed by atoms with van der Waals surface area (Å²) in [5.41, 5.74) is 1.01. The Morgan fingerprint density at radius 2 is 1.87 bits per heavy atom. The van der Waals surface area contributed by atoms with E-state index in [1.54, 1.807) is 7.11 Å². The molecular formula is C24H37N3O3. The van der Waals surface area contributed by atoms with Crippen molar-refractivity contribution < 1.29 is 14.3 Å². The highest BCUT2D eigenvalue weighted by Crippen LogP contribution is 2.39. The van der Waals surface area contributed by atoms with Gasteiger partial charge in [-0.05, 0) is 50.8 Å². The van der Waals surface area contributed by atoms with Crippen LogP contribution < -0.4 is 10.1 Å². The summed E-state index contributed by atoms with van der Waals surface area (Å²) in [6.07, 6.45) is 4.19. The van der Waals surface area contributed by atoms with E-state index in [0.29, 0.717) is 12.6 Å². The van der Waals surface area contributed by atoms with Gasteiger partial charge in [0, 0.05) is 38.1 Å². The number of nitrogens with zero attached hydrogens (tertiary/aromatic N) is 2. The molecule has 3 rings (SSSR count). The Kier molecular flexibility index (Phi) is 7.75. The first-order valence-corrected chi connectivity index (χ1v) is 11.4. The van der Waals surface area contributed by atoms with Gasteiger partial charge in [0.1, 0.15) is 5.75 Å². The van der Waals surface area contributed by atoms with Crippen molar-refractivity contribution in [3.05, 3.63) is 29.8 Å². The minimum absolute atomic E-state index is 0.0196. The zero-order chi connectivity index (χ0) is 21.7. The van der Waals surface area contributed by atoms with E-state index in [1.807, 2.05) is 29.2 Å². The van der Waals surface area contributed by atoms with E-state index in [9.17, 15) is 9.59 Å². The van der Waals surface area contributed by atoms with Gasteiger partial charge in [-0.15, -0.1) is 0 Å². The van der Waals surface area contributed by atoms with Gasteiger partial charge < -0.3 is 19.9 Å². The molecule has 0 aliphatic carbocycles. The van der Waals surface area contributed by atoms with Crippen LogP contribution in [0.2, 0.25) is 0 Å². The topological polar surface area (TPSA) is 61.9 Å². The summed E-state index contributed by atoms with van der Waals surface area (Å²) in [5.74, 6) is 0.539. The van der Waals surface area contributed by atoms with Crippen LogP contribution in [0.15, 0.2) is 24.3 Å². The number of piperidine rings is 1. The van der Waals surface area contributed by atoms with Crippen molar-refractivity contribution in [3.63, 3.8) is 0 Å². The molecule has 2 amide bonds. The van der Waals surface area contributed by atoms with Crippen LogP contribution in [0, 0.1) is 5.92 Å². The van der Waals surface area contributed by atoms with E-state index in [4.69, 9.17) is 4.74 Å². The Bertz CT molecular complexity index is 711. The first kappa shape index (κ1) is 22.6. The van der Waals surface area contributed by atoms with Crippen molar-refractivity contribution in [2.24, 2.45) is 5.92 Å². The van der Waals surface area contributed by atoms with E-state index in [2.05, 4.69) is 31.0 Å². The Hall–Kier alpha value is -2.08. The molecule has 1 aromatic carbocycles. The van der Waals surface area contributed by atoms with Gasteiger partial charge in [0.25, 0.3) is 0 Å². The maximum absolute atomic E-state index is 13.3. The summed E-state index contributed by atoms with van der Waals surface area (Å²) >= 11 is 0. The van der Waals surface area contributed by atoms with E-state index in [0.717, 1.165) is 50.1 Å². The lowest BCUT2D eigenvalue weighted by Crippen LogP contribution is -2.48. The van der Waals surface area contributed by atoms with Crippen molar-refractivity contribution >= 4 is 11.8 Å². The SMILES string of the molecule is CCCCN1C(=O)CC(C(=O)NC2CCN(C(C)C)CC2)C1c1ccc(OC)cc1. The number of carbonyl (C=O) groups excluding carboxylic acids is 2. The second-order valence-corrected chi connectivity index (χ2v) is 8.88. The minimum Gasteiger partial charge on any atom is -0.497 e. The normalized spacial score (nSPS) is 23.2. The predicted octanol–water partition coefficient (Wildman–Crippen LogP) is 3.37. The number of carbonyl (C=O) groups is 2. The summed E-state index contributed by atoms with van der Waals surface area (Å²) < 4.78 is 5.28. The number of hydrogen-bond acceptors (Lipinski definition) is 4. The molecule has 2 aliphatic rings. The fraction of sp³-hybridized carbons (Fsp3) is 0.667. The highest BCUT2D eigenvalue weighted by atomic mass is 16.5. The van der Waals surface area contributed by atoms with Crippen molar-refractivity contribution in [2.75, 3.05) is 26.7 Å². The van der Waals surface area contributed by atoms with Crippen molar-refractivity contribution in [1.29, 1.82) is 0 Å². The van der Waals surface area contributed by atoms with Crippen LogP contribution >= 0.6 is 0 Å². The molecule has 2 atom stereocenters. The molecule has 6 heteroatoms. The molecule has 2 heterocycles. The van der Waals surface area contributed by atoms with Crippen molar-refractivity contribution in [2.45, 2.75) is 71.0 Å². The molecule has 30 heavy (non-hydrogen) atoms. The lowest BCUT2D eigenvalue weighted by atomic mass is 9.91. The third kappa shape index (κ3) is 5.15. The van der Waals surface area contributed by atoms with Gasteiger partial charge in [0.2, 0.25) is 11.8 Å². The minimum atomic E-state index is -0.342. The first-order valence-electron chi connectivity index (χ1n) is 11.4. The first-order chi connectivity index (χ1) is 14.4. The molecule has 6 nitrogen and oxygen atoms in total. The maximum Gasteiger partial charge on any atom is 0.226 e. The molecule has 0 radical (unpaired) electrons. The summed E-state index contributed by atoms with van der Waals surface area (Å²) in [5, 5.41) is 3.27. The average Bonchev–Trinajstić information content (AvgIpc) is 3.09. The van der Waals surface area contributed by atoms with Gasteiger partial charge in [-0.1, -0.05) is 25.5 Å². The molecular weight excluding hydrogens is 378 g/mol. The van der Waals surface area contributed by atoms with Crippen LogP contribution in [0.25, 0.3) is 0 Å². The fourth-order valence-electron chi connectivity index (χ4n) is 4.70. The molecule has 2 unspecified atom stereocenters. The van der Waals surface area contributed by atoms with E-state index in [-0.39, 0.29) is 36.2 Å². The van der Waals surface area contributed by atoms with Crippen LogP contribution in [0.5, 0.6) is 5.75 Å². The number of rotatable bonds is 8. The van der Waals surface area contributed by atoms with Gasteiger partial charge in [-0.3, -0.25) is 9.59 Å². The molecule has 166 valence electrons. The quantitative estimate of drug-likeness (QED) is 0.707. The largest absolute Gasteiger partial charge is 0.497 e. The van der Waals surface area contributed by atoms with Gasteiger partial charge in [0.05, 0.1) is 19.1 Å². The van der Waals surface area contributed by atoms with Crippen LogP contribution in [0.1, 0.15) is 64.5 Å². The molecule has 1 N–H and O–H groups in total. The maximum atomic E-state index is 13.3. The standard InChI is InChI=1S/C24H37N3O3/c1-5-6-13-27-22(28)16-21(23(27)18-7-9-20(30-4)10-8-18)24(29)25-19-11-14-26(15-12-19)17(2)3/h7-10,17,19,21,23H,5-6,11-16H2,1-4H3,(H,25,29). The van der Waals surface area contributed by atoms with E-state index < -0.39 is 0 Å². The second-order valence-electron chi connectivity index (χ2n) is 8.88. The molecule has 1 aromatic rings. The average molecular weight is 416 g/mol.